The minimum atomic E-state index is -3.84. The quantitative estimate of drug-likeness (QED) is 0.617. The molecule has 0 bridgehead atoms. The molecule has 0 aliphatic heterocycles. The zero-order valence-electron chi connectivity index (χ0n) is 10.8. The molecule has 2 rings (SSSR count). The van der Waals surface area contributed by atoms with Gasteiger partial charge in [0.25, 0.3) is 10.0 Å². The second kappa shape index (κ2) is 6.04. The fourth-order valence-corrected chi connectivity index (χ4v) is 3.72. The molecule has 112 valence electrons. The lowest BCUT2D eigenvalue weighted by Crippen LogP contribution is -2.15. The molecular weight excluding hydrogens is 380 g/mol. The molecule has 0 saturated heterocycles. The van der Waals surface area contributed by atoms with Gasteiger partial charge in [0, 0.05) is 10.2 Å². The zero-order chi connectivity index (χ0) is 15.6. The van der Waals surface area contributed by atoms with Crippen LogP contribution in [0.5, 0.6) is 0 Å². The number of carbonyl (C=O) groups is 1. The molecule has 0 unspecified atom stereocenters. The van der Waals surface area contributed by atoms with Crippen molar-refractivity contribution in [3.63, 3.8) is 0 Å². The highest BCUT2D eigenvalue weighted by molar-refractivity contribution is 9.10. The minimum absolute atomic E-state index is 0.00483. The lowest BCUT2D eigenvalue weighted by molar-refractivity contribution is 0.0607. The van der Waals surface area contributed by atoms with Crippen LogP contribution in [0.3, 0.4) is 0 Å². The molecule has 1 aromatic carbocycles. The SMILES string of the molecule is COC(=O)c1sccc1NS(=O)(=O)c1ccc(Br)c(N)c1. The number of nitrogen functional groups attached to an aromatic ring is 1. The van der Waals surface area contributed by atoms with Gasteiger partial charge < -0.3 is 10.5 Å². The second-order valence-corrected chi connectivity index (χ2v) is 7.40. The van der Waals surface area contributed by atoms with E-state index in [1.165, 1.54) is 25.3 Å². The first-order valence-electron chi connectivity index (χ1n) is 5.59. The van der Waals surface area contributed by atoms with Crippen LogP contribution in [-0.2, 0) is 14.8 Å². The Hall–Kier alpha value is -1.58. The molecule has 21 heavy (non-hydrogen) atoms. The van der Waals surface area contributed by atoms with Gasteiger partial charge >= 0.3 is 5.97 Å². The molecule has 0 amide bonds. The zero-order valence-corrected chi connectivity index (χ0v) is 14.0. The van der Waals surface area contributed by atoms with Crippen molar-refractivity contribution in [3.8, 4) is 0 Å². The van der Waals surface area contributed by atoms with E-state index in [0.29, 0.717) is 10.2 Å². The molecule has 1 aromatic heterocycles. The van der Waals surface area contributed by atoms with Crippen molar-refractivity contribution >= 4 is 54.6 Å². The Bertz CT molecular complexity index is 786. The van der Waals surface area contributed by atoms with Gasteiger partial charge in [0.15, 0.2) is 0 Å². The van der Waals surface area contributed by atoms with E-state index in [4.69, 9.17) is 5.73 Å². The summed E-state index contributed by atoms with van der Waals surface area (Å²) in [6, 6.07) is 5.78. The first-order valence-corrected chi connectivity index (χ1v) is 8.74. The van der Waals surface area contributed by atoms with Crippen LogP contribution in [-0.4, -0.2) is 21.5 Å². The number of benzene rings is 1. The minimum Gasteiger partial charge on any atom is -0.465 e. The smallest absolute Gasteiger partial charge is 0.350 e. The highest BCUT2D eigenvalue weighted by Crippen LogP contribution is 2.28. The van der Waals surface area contributed by atoms with E-state index in [1.54, 1.807) is 11.4 Å². The van der Waals surface area contributed by atoms with Crippen molar-refractivity contribution < 1.29 is 17.9 Å². The van der Waals surface area contributed by atoms with Crippen LogP contribution in [0.1, 0.15) is 9.67 Å². The van der Waals surface area contributed by atoms with Crippen molar-refractivity contribution in [2.75, 3.05) is 17.6 Å². The summed E-state index contributed by atoms with van der Waals surface area (Å²) in [6.45, 7) is 0. The maximum absolute atomic E-state index is 12.3. The van der Waals surface area contributed by atoms with Gasteiger partial charge in [-0.25, -0.2) is 13.2 Å². The van der Waals surface area contributed by atoms with Crippen LogP contribution in [0.25, 0.3) is 0 Å². The van der Waals surface area contributed by atoms with Crippen molar-refractivity contribution in [2.45, 2.75) is 4.90 Å². The third-order valence-corrected chi connectivity index (χ3v) is 5.54. The van der Waals surface area contributed by atoms with Crippen LogP contribution < -0.4 is 10.5 Å². The Kier molecular flexibility index (Phi) is 4.55. The predicted octanol–water partition coefficient (Wildman–Crippen LogP) is 2.68. The van der Waals surface area contributed by atoms with Crippen molar-refractivity contribution in [2.24, 2.45) is 0 Å². The van der Waals surface area contributed by atoms with Gasteiger partial charge in [0.05, 0.1) is 17.7 Å². The van der Waals surface area contributed by atoms with E-state index in [0.717, 1.165) is 11.3 Å². The molecule has 6 nitrogen and oxygen atoms in total. The van der Waals surface area contributed by atoms with Gasteiger partial charge in [-0.05, 0) is 45.6 Å². The molecule has 1 heterocycles. The summed E-state index contributed by atoms with van der Waals surface area (Å²) in [5, 5.41) is 1.60. The van der Waals surface area contributed by atoms with Gasteiger partial charge in [-0.2, -0.15) is 0 Å². The number of hydrogen-bond donors (Lipinski definition) is 2. The number of thiophene rings is 1. The maximum atomic E-state index is 12.3. The summed E-state index contributed by atoms with van der Waals surface area (Å²) in [5.74, 6) is -0.599. The highest BCUT2D eigenvalue weighted by Gasteiger charge is 2.20. The number of nitrogens with one attached hydrogen (secondary N) is 1. The lowest BCUT2D eigenvalue weighted by atomic mass is 10.3. The van der Waals surface area contributed by atoms with Crippen LogP contribution in [0, 0.1) is 0 Å². The van der Waals surface area contributed by atoms with Crippen LogP contribution in [0.4, 0.5) is 11.4 Å². The Balaban J connectivity index is 2.36. The molecular formula is C12H11BrN2O4S2. The third-order valence-electron chi connectivity index (χ3n) is 2.56. The standard InChI is InChI=1S/C12H11BrN2O4S2/c1-19-12(16)11-10(4-5-20-11)15-21(17,18)7-2-3-8(13)9(14)6-7/h2-6,15H,14H2,1H3. The van der Waals surface area contributed by atoms with Crippen molar-refractivity contribution in [1.82, 2.24) is 0 Å². The Morgan fingerprint density at radius 1 is 1.38 bits per heavy atom. The number of esters is 1. The normalized spacial score (nSPS) is 11.1. The number of anilines is 2. The summed E-state index contributed by atoms with van der Waals surface area (Å²) >= 11 is 4.29. The monoisotopic (exact) mass is 390 g/mol. The number of nitrogens with two attached hydrogens (primary N) is 1. The predicted molar refractivity (Wildman–Crippen MR) is 85.0 cm³/mol. The molecule has 0 saturated carbocycles. The fourth-order valence-electron chi connectivity index (χ4n) is 1.53. The maximum Gasteiger partial charge on any atom is 0.350 e. The number of methoxy groups -OCH3 is 1. The first-order chi connectivity index (χ1) is 9.85. The molecule has 0 radical (unpaired) electrons. The first kappa shape index (κ1) is 15.8. The van der Waals surface area contributed by atoms with Gasteiger partial charge in [0.2, 0.25) is 0 Å². The number of rotatable bonds is 4. The molecule has 0 spiro atoms. The number of carbonyl (C=O) groups excluding carboxylic acids is 1. The summed E-state index contributed by atoms with van der Waals surface area (Å²) in [7, 11) is -2.61. The Morgan fingerprint density at radius 2 is 2.10 bits per heavy atom. The molecule has 0 fully saturated rings. The van der Waals surface area contributed by atoms with Gasteiger partial charge in [-0.1, -0.05) is 0 Å². The summed E-state index contributed by atoms with van der Waals surface area (Å²) in [5.41, 5.74) is 6.16. The summed E-state index contributed by atoms with van der Waals surface area (Å²) in [4.78, 5) is 11.7. The fraction of sp³-hybridized carbons (Fsp3) is 0.0833. The van der Waals surface area contributed by atoms with Crippen LogP contribution in [0.2, 0.25) is 0 Å². The van der Waals surface area contributed by atoms with Crippen LogP contribution in [0.15, 0.2) is 39.0 Å². The average Bonchev–Trinajstić information content (AvgIpc) is 2.88. The summed E-state index contributed by atoms with van der Waals surface area (Å²) < 4.78 is 32.2. The Morgan fingerprint density at radius 3 is 2.71 bits per heavy atom. The van der Waals surface area contributed by atoms with Gasteiger partial charge in [-0.15, -0.1) is 11.3 Å². The van der Waals surface area contributed by atoms with E-state index in [9.17, 15) is 13.2 Å². The molecule has 0 aliphatic carbocycles. The van der Waals surface area contributed by atoms with Gasteiger partial charge in [-0.3, -0.25) is 4.72 Å². The van der Waals surface area contributed by atoms with Gasteiger partial charge in [0.1, 0.15) is 4.88 Å². The van der Waals surface area contributed by atoms with E-state index in [-0.39, 0.29) is 15.5 Å². The van der Waals surface area contributed by atoms with E-state index < -0.39 is 16.0 Å². The highest BCUT2D eigenvalue weighted by atomic mass is 79.9. The van der Waals surface area contributed by atoms with E-state index >= 15 is 0 Å². The number of sulfonamides is 1. The van der Waals surface area contributed by atoms with Crippen LogP contribution >= 0.6 is 27.3 Å². The number of hydrogen-bond acceptors (Lipinski definition) is 6. The molecule has 3 N–H and O–H groups in total. The topological polar surface area (TPSA) is 98.5 Å². The largest absolute Gasteiger partial charge is 0.465 e. The lowest BCUT2D eigenvalue weighted by Gasteiger charge is -2.09. The van der Waals surface area contributed by atoms with Crippen molar-refractivity contribution in [1.29, 1.82) is 0 Å². The Labute approximate surface area is 134 Å². The summed E-state index contributed by atoms with van der Waals surface area (Å²) in [6.07, 6.45) is 0. The van der Waals surface area contributed by atoms with Crippen molar-refractivity contribution in [3.05, 3.63) is 39.0 Å². The molecule has 0 aliphatic rings. The second-order valence-electron chi connectivity index (χ2n) is 3.94. The molecule has 0 atom stereocenters. The van der Waals surface area contributed by atoms with E-state index in [2.05, 4.69) is 25.4 Å². The molecule has 9 heteroatoms. The number of halogens is 1. The van der Waals surface area contributed by atoms with E-state index in [1.807, 2.05) is 0 Å². The third kappa shape index (κ3) is 3.36. The average molecular weight is 391 g/mol. The number of ether oxygens (including phenoxy) is 1. The molecule has 2 aromatic rings.